The topological polar surface area (TPSA) is 64.7 Å². The molecule has 1 aromatic rings. The van der Waals surface area contributed by atoms with Crippen LogP contribution in [0.15, 0.2) is 18.2 Å². The van der Waals surface area contributed by atoms with Gasteiger partial charge in [0, 0.05) is 13.7 Å². The van der Waals surface area contributed by atoms with Crippen molar-refractivity contribution < 1.29 is 14.6 Å². The minimum Gasteiger partial charge on any atom is -0.504 e. The standard InChI is InChI=1S/C10H15NO3.ClH/c1-13-4-5-14-10-3-2-8(7-11)6-9(10)12;/h2-3,6,12H,4-5,7,11H2,1H3;1H. The number of rotatable bonds is 5. The van der Waals surface area contributed by atoms with Gasteiger partial charge in [-0.05, 0) is 17.7 Å². The molecule has 0 bridgehead atoms. The highest BCUT2D eigenvalue weighted by atomic mass is 35.5. The average Bonchev–Trinajstić information content (AvgIpc) is 2.20. The van der Waals surface area contributed by atoms with Crippen LogP contribution >= 0.6 is 12.4 Å². The van der Waals surface area contributed by atoms with Gasteiger partial charge in [-0.25, -0.2) is 0 Å². The Labute approximate surface area is 95.4 Å². The van der Waals surface area contributed by atoms with Gasteiger partial charge in [0.25, 0.3) is 0 Å². The molecule has 0 radical (unpaired) electrons. The number of phenols is 1. The summed E-state index contributed by atoms with van der Waals surface area (Å²) in [6.07, 6.45) is 0. The summed E-state index contributed by atoms with van der Waals surface area (Å²) < 4.78 is 10.1. The molecule has 4 nitrogen and oxygen atoms in total. The van der Waals surface area contributed by atoms with Crippen molar-refractivity contribution in [2.24, 2.45) is 5.73 Å². The molecule has 0 aliphatic rings. The molecule has 3 N–H and O–H groups in total. The Morgan fingerprint density at radius 3 is 2.60 bits per heavy atom. The predicted molar refractivity (Wildman–Crippen MR) is 60.6 cm³/mol. The highest BCUT2D eigenvalue weighted by Crippen LogP contribution is 2.26. The zero-order valence-corrected chi connectivity index (χ0v) is 9.42. The van der Waals surface area contributed by atoms with Crippen LogP contribution in [0.1, 0.15) is 5.56 Å². The molecule has 0 aromatic heterocycles. The number of hydrogen-bond donors (Lipinski definition) is 2. The maximum absolute atomic E-state index is 9.50. The third-order valence-electron chi connectivity index (χ3n) is 1.80. The van der Waals surface area contributed by atoms with E-state index < -0.39 is 0 Å². The number of halogens is 1. The van der Waals surface area contributed by atoms with Crippen LogP contribution in [0.5, 0.6) is 11.5 Å². The minimum atomic E-state index is 0. The summed E-state index contributed by atoms with van der Waals surface area (Å²) in [7, 11) is 1.60. The number of benzene rings is 1. The first-order valence-electron chi connectivity index (χ1n) is 4.41. The normalized spacial score (nSPS) is 9.47. The Bertz CT molecular complexity index is 294. The molecule has 1 rings (SSSR count). The SMILES string of the molecule is COCCOc1ccc(CN)cc1O.Cl. The Kier molecular flexibility index (Phi) is 6.86. The summed E-state index contributed by atoms with van der Waals surface area (Å²) >= 11 is 0. The van der Waals surface area contributed by atoms with E-state index >= 15 is 0 Å². The lowest BCUT2D eigenvalue weighted by atomic mass is 10.2. The van der Waals surface area contributed by atoms with Gasteiger partial charge < -0.3 is 20.3 Å². The van der Waals surface area contributed by atoms with Crippen molar-refractivity contribution in [1.29, 1.82) is 0 Å². The van der Waals surface area contributed by atoms with Crippen LogP contribution in [-0.2, 0) is 11.3 Å². The zero-order chi connectivity index (χ0) is 10.4. The van der Waals surface area contributed by atoms with Crippen LogP contribution in [-0.4, -0.2) is 25.4 Å². The smallest absolute Gasteiger partial charge is 0.161 e. The summed E-state index contributed by atoms with van der Waals surface area (Å²) in [5.74, 6) is 0.573. The molecule has 0 unspecified atom stereocenters. The maximum Gasteiger partial charge on any atom is 0.161 e. The molecule has 0 saturated carbocycles. The van der Waals surface area contributed by atoms with Crippen LogP contribution in [0, 0.1) is 0 Å². The van der Waals surface area contributed by atoms with Gasteiger partial charge >= 0.3 is 0 Å². The average molecular weight is 234 g/mol. The first kappa shape index (κ1) is 14.0. The molecule has 0 fully saturated rings. The van der Waals surface area contributed by atoms with Gasteiger partial charge in [0.05, 0.1) is 6.61 Å². The fourth-order valence-electron chi connectivity index (χ4n) is 1.05. The van der Waals surface area contributed by atoms with Crippen molar-refractivity contribution in [3.8, 4) is 11.5 Å². The molecule has 0 atom stereocenters. The fraction of sp³-hybridized carbons (Fsp3) is 0.400. The first-order chi connectivity index (χ1) is 6.77. The van der Waals surface area contributed by atoms with Crippen molar-refractivity contribution >= 4 is 12.4 Å². The highest BCUT2D eigenvalue weighted by Gasteiger charge is 2.02. The number of hydrogen-bond acceptors (Lipinski definition) is 4. The van der Waals surface area contributed by atoms with Gasteiger partial charge in [-0.1, -0.05) is 6.07 Å². The van der Waals surface area contributed by atoms with Crippen molar-refractivity contribution in [2.75, 3.05) is 20.3 Å². The molecule has 0 saturated heterocycles. The summed E-state index contributed by atoms with van der Waals surface area (Å²) in [5.41, 5.74) is 6.29. The number of methoxy groups -OCH3 is 1. The summed E-state index contributed by atoms with van der Waals surface area (Å²) in [6, 6.07) is 5.12. The monoisotopic (exact) mass is 233 g/mol. The van der Waals surface area contributed by atoms with Crippen molar-refractivity contribution in [2.45, 2.75) is 6.54 Å². The summed E-state index contributed by atoms with van der Waals surface area (Å²) in [5, 5.41) is 9.50. The molecule has 15 heavy (non-hydrogen) atoms. The lowest BCUT2D eigenvalue weighted by Gasteiger charge is -2.08. The molecular weight excluding hydrogens is 218 g/mol. The molecule has 0 aliphatic heterocycles. The molecule has 1 aromatic carbocycles. The maximum atomic E-state index is 9.50. The van der Waals surface area contributed by atoms with Crippen LogP contribution in [0.2, 0.25) is 0 Å². The van der Waals surface area contributed by atoms with Crippen molar-refractivity contribution in [3.63, 3.8) is 0 Å². The second kappa shape index (κ2) is 7.34. The largest absolute Gasteiger partial charge is 0.504 e. The van der Waals surface area contributed by atoms with Crippen molar-refractivity contribution in [3.05, 3.63) is 23.8 Å². The van der Waals surface area contributed by atoms with Crippen LogP contribution < -0.4 is 10.5 Å². The second-order valence-electron chi connectivity index (χ2n) is 2.85. The third kappa shape index (κ3) is 4.38. The van der Waals surface area contributed by atoms with Crippen LogP contribution in [0.3, 0.4) is 0 Å². The fourth-order valence-corrected chi connectivity index (χ4v) is 1.05. The zero-order valence-electron chi connectivity index (χ0n) is 8.60. The third-order valence-corrected chi connectivity index (χ3v) is 1.80. The van der Waals surface area contributed by atoms with E-state index in [-0.39, 0.29) is 18.2 Å². The van der Waals surface area contributed by atoms with E-state index in [9.17, 15) is 5.11 Å². The summed E-state index contributed by atoms with van der Waals surface area (Å²) in [6.45, 7) is 1.33. The van der Waals surface area contributed by atoms with E-state index in [1.165, 1.54) is 0 Å². The van der Waals surface area contributed by atoms with E-state index in [0.29, 0.717) is 25.5 Å². The van der Waals surface area contributed by atoms with E-state index in [4.69, 9.17) is 15.2 Å². The Hall–Kier alpha value is -0.970. The Balaban J connectivity index is 0.00000196. The molecule has 0 amide bonds. The number of nitrogens with two attached hydrogens (primary N) is 1. The second-order valence-corrected chi connectivity index (χ2v) is 2.85. The van der Waals surface area contributed by atoms with E-state index in [2.05, 4.69) is 0 Å². The minimum absolute atomic E-state index is 0. The predicted octanol–water partition coefficient (Wildman–Crippen LogP) is 1.30. The number of ether oxygens (including phenoxy) is 2. The Morgan fingerprint density at radius 2 is 2.07 bits per heavy atom. The lowest BCUT2D eigenvalue weighted by Crippen LogP contribution is -2.04. The Morgan fingerprint density at radius 1 is 1.33 bits per heavy atom. The van der Waals surface area contributed by atoms with E-state index in [1.54, 1.807) is 19.2 Å². The lowest BCUT2D eigenvalue weighted by molar-refractivity contribution is 0.144. The van der Waals surface area contributed by atoms with Crippen LogP contribution in [0.4, 0.5) is 0 Å². The molecule has 0 heterocycles. The van der Waals surface area contributed by atoms with Gasteiger partial charge in [0.15, 0.2) is 11.5 Å². The highest BCUT2D eigenvalue weighted by molar-refractivity contribution is 5.85. The molecule has 0 spiro atoms. The molecule has 86 valence electrons. The van der Waals surface area contributed by atoms with E-state index in [0.717, 1.165) is 5.56 Å². The molecule has 5 heteroatoms. The van der Waals surface area contributed by atoms with Gasteiger partial charge in [-0.2, -0.15) is 0 Å². The quantitative estimate of drug-likeness (QED) is 0.753. The first-order valence-corrected chi connectivity index (χ1v) is 4.41. The summed E-state index contributed by atoms with van der Waals surface area (Å²) in [4.78, 5) is 0. The van der Waals surface area contributed by atoms with Gasteiger partial charge in [0.1, 0.15) is 6.61 Å². The van der Waals surface area contributed by atoms with E-state index in [1.807, 2.05) is 6.07 Å². The number of phenolic OH excluding ortho intramolecular Hbond substituents is 1. The van der Waals surface area contributed by atoms with Gasteiger partial charge in [-0.15, -0.1) is 12.4 Å². The van der Waals surface area contributed by atoms with Gasteiger partial charge in [-0.3, -0.25) is 0 Å². The van der Waals surface area contributed by atoms with Gasteiger partial charge in [0.2, 0.25) is 0 Å². The molecule has 0 aliphatic carbocycles. The number of aromatic hydroxyl groups is 1. The van der Waals surface area contributed by atoms with Crippen molar-refractivity contribution in [1.82, 2.24) is 0 Å². The molecular formula is C10H16ClNO3. The van der Waals surface area contributed by atoms with Crippen LogP contribution in [0.25, 0.3) is 0 Å².